The van der Waals surface area contributed by atoms with Gasteiger partial charge < -0.3 is 10.2 Å². The van der Waals surface area contributed by atoms with Gasteiger partial charge in [0.15, 0.2) is 0 Å². The van der Waals surface area contributed by atoms with Gasteiger partial charge in [0.1, 0.15) is 0 Å². The average molecular weight is 283 g/mol. The fourth-order valence-electron chi connectivity index (χ4n) is 3.52. The number of hydrogen-bond acceptors (Lipinski definition) is 2. The molecule has 0 spiro atoms. The van der Waals surface area contributed by atoms with E-state index in [0.29, 0.717) is 5.41 Å². The van der Waals surface area contributed by atoms with Gasteiger partial charge in [0.25, 0.3) is 0 Å². The van der Waals surface area contributed by atoms with Crippen LogP contribution in [0.5, 0.6) is 0 Å². The smallest absolute Gasteiger partial charge is 0.00476 e. The van der Waals surface area contributed by atoms with Crippen LogP contribution >= 0.6 is 0 Å². The summed E-state index contributed by atoms with van der Waals surface area (Å²) in [5.74, 6) is 2.51. The van der Waals surface area contributed by atoms with Crippen molar-refractivity contribution >= 4 is 0 Å². The third-order valence-electron chi connectivity index (χ3n) is 4.98. The number of nitrogens with zero attached hydrogens (tertiary/aromatic N) is 1. The normalized spacial score (nSPS) is 27.8. The highest BCUT2D eigenvalue weighted by Crippen LogP contribution is 2.28. The van der Waals surface area contributed by atoms with Gasteiger partial charge in [0.2, 0.25) is 0 Å². The third-order valence-corrected chi connectivity index (χ3v) is 4.98. The van der Waals surface area contributed by atoms with Gasteiger partial charge in [-0.2, -0.15) is 0 Å². The molecular formula is C18H38N2. The Morgan fingerprint density at radius 2 is 1.95 bits per heavy atom. The lowest BCUT2D eigenvalue weighted by atomic mass is 9.82. The molecule has 1 aliphatic rings. The molecule has 1 heterocycles. The van der Waals surface area contributed by atoms with Gasteiger partial charge in [0, 0.05) is 19.6 Å². The van der Waals surface area contributed by atoms with Gasteiger partial charge >= 0.3 is 0 Å². The predicted molar refractivity (Wildman–Crippen MR) is 90.1 cm³/mol. The molecule has 2 nitrogen and oxygen atoms in total. The summed E-state index contributed by atoms with van der Waals surface area (Å²) in [6.07, 6.45) is 4.00. The lowest BCUT2D eigenvalue weighted by Gasteiger charge is -2.41. The second kappa shape index (κ2) is 8.38. The molecule has 20 heavy (non-hydrogen) atoms. The SMILES string of the molecule is CCCC(C)(CNCC(C)C)CN1CCC(C)C(C)C1. The van der Waals surface area contributed by atoms with Crippen molar-refractivity contribution in [3.05, 3.63) is 0 Å². The molecule has 1 aliphatic heterocycles. The molecule has 2 heteroatoms. The van der Waals surface area contributed by atoms with Gasteiger partial charge in [-0.05, 0) is 49.1 Å². The summed E-state index contributed by atoms with van der Waals surface area (Å²) in [6.45, 7) is 20.4. The minimum Gasteiger partial charge on any atom is -0.316 e. The third kappa shape index (κ3) is 6.13. The second-order valence-electron chi connectivity index (χ2n) is 8.06. The quantitative estimate of drug-likeness (QED) is 0.723. The van der Waals surface area contributed by atoms with Crippen LogP contribution in [0.4, 0.5) is 0 Å². The molecule has 3 atom stereocenters. The fraction of sp³-hybridized carbons (Fsp3) is 1.00. The topological polar surface area (TPSA) is 15.3 Å². The summed E-state index contributed by atoms with van der Waals surface area (Å²) in [4.78, 5) is 2.72. The molecule has 1 rings (SSSR count). The van der Waals surface area contributed by atoms with Crippen molar-refractivity contribution in [1.29, 1.82) is 0 Å². The summed E-state index contributed by atoms with van der Waals surface area (Å²) < 4.78 is 0. The zero-order valence-corrected chi connectivity index (χ0v) is 14.8. The van der Waals surface area contributed by atoms with E-state index in [4.69, 9.17) is 0 Å². The first-order valence-corrected chi connectivity index (χ1v) is 8.79. The molecule has 0 saturated carbocycles. The second-order valence-corrected chi connectivity index (χ2v) is 8.06. The van der Waals surface area contributed by atoms with E-state index < -0.39 is 0 Å². The largest absolute Gasteiger partial charge is 0.316 e. The molecule has 0 aromatic rings. The first kappa shape index (κ1) is 18.0. The number of hydrogen-bond donors (Lipinski definition) is 1. The van der Waals surface area contributed by atoms with Crippen LogP contribution in [0.2, 0.25) is 0 Å². The van der Waals surface area contributed by atoms with Gasteiger partial charge in [-0.1, -0.05) is 48.0 Å². The monoisotopic (exact) mass is 282 g/mol. The van der Waals surface area contributed by atoms with Crippen molar-refractivity contribution in [3.63, 3.8) is 0 Å². The molecular weight excluding hydrogens is 244 g/mol. The predicted octanol–water partition coefficient (Wildman–Crippen LogP) is 4.02. The molecule has 1 fully saturated rings. The van der Waals surface area contributed by atoms with E-state index in [1.54, 1.807) is 0 Å². The van der Waals surface area contributed by atoms with E-state index in [1.807, 2.05) is 0 Å². The summed E-state index contributed by atoms with van der Waals surface area (Å²) in [5, 5.41) is 3.69. The van der Waals surface area contributed by atoms with Gasteiger partial charge in [-0.15, -0.1) is 0 Å². The maximum absolute atomic E-state index is 3.69. The average Bonchev–Trinajstić information content (AvgIpc) is 2.33. The first-order chi connectivity index (χ1) is 9.36. The van der Waals surface area contributed by atoms with Gasteiger partial charge in [0.05, 0.1) is 0 Å². The maximum Gasteiger partial charge on any atom is 0.00476 e. The number of likely N-dealkylation sites (tertiary alicyclic amines) is 1. The molecule has 1 saturated heterocycles. The van der Waals surface area contributed by atoms with Crippen molar-refractivity contribution in [2.24, 2.45) is 23.2 Å². The van der Waals surface area contributed by atoms with Crippen molar-refractivity contribution < 1.29 is 0 Å². The zero-order valence-electron chi connectivity index (χ0n) is 14.8. The van der Waals surface area contributed by atoms with Crippen LogP contribution in [0.15, 0.2) is 0 Å². The molecule has 0 aliphatic carbocycles. The minimum absolute atomic E-state index is 0.434. The van der Waals surface area contributed by atoms with Crippen LogP contribution in [-0.4, -0.2) is 37.6 Å². The first-order valence-electron chi connectivity index (χ1n) is 8.79. The Bertz CT molecular complexity index is 264. The molecule has 1 N–H and O–H groups in total. The van der Waals surface area contributed by atoms with Crippen LogP contribution in [0.1, 0.15) is 60.8 Å². The Morgan fingerprint density at radius 3 is 2.50 bits per heavy atom. The van der Waals surface area contributed by atoms with Gasteiger partial charge in [-0.25, -0.2) is 0 Å². The number of rotatable bonds is 8. The summed E-state index contributed by atoms with van der Waals surface area (Å²) in [7, 11) is 0. The maximum atomic E-state index is 3.69. The molecule has 0 bridgehead atoms. The van der Waals surface area contributed by atoms with Crippen molar-refractivity contribution in [2.75, 3.05) is 32.7 Å². The molecule has 0 amide bonds. The number of nitrogens with one attached hydrogen (secondary N) is 1. The van der Waals surface area contributed by atoms with Crippen molar-refractivity contribution in [2.45, 2.75) is 60.8 Å². The van der Waals surface area contributed by atoms with Crippen molar-refractivity contribution in [1.82, 2.24) is 10.2 Å². The summed E-state index contributed by atoms with van der Waals surface area (Å²) >= 11 is 0. The van der Waals surface area contributed by atoms with E-state index in [-0.39, 0.29) is 0 Å². The highest BCUT2D eigenvalue weighted by molar-refractivity contribution is 4.84. The Kier molecular flexibility index (Phi) is 7.53. The van der Waals surface area contributed by atoms with E-state index in [0.717, 1.165) is 24.3 Å². The fourth-order valence-corrected chi connectivity index (χ4v) is 3.52. The number of piperidine rings is 1. The zero-order chi connectivity index (χ0) is 15.2. The van der Waals surface area contributed by atoms with E-state index >= 15 is 0 Å². The van der Waals surface area contributed by atoms with Crippen LogP contribution in [-0.2, 0) is 0 Å². The Hall–Kier alpha value is -0.0800. The summed E-state index contributed by atoms with van der Waals surface area (Å²) in [5.41, 5.74) is 0.434. The Balaban J connectivity index is 2.48. The molecule has 0 radical (unpaired) electrons. The summed E-state index contributed by atoms with van der Waals surface area (Å²) in [6, 6.07) is 0. The lowest BCUT2D eigenvalue weighted by Crippen LogP contribution is -2.47. The van der Waals surface area contributed by atoms with Gasteiger partial charge in [-0.3, -0.25) is 0 Å². The highest BCUT2D eigenvalue weighted by Gasteiger charge is 2.30. The standard InChI is InChI=1S/C18H38N2/c1-7-9-18(6,13-19-11-15(2)3)14-20-10-8-16(4)17(5)12-20/h15-17,19H,7-14H2,1-6H3. The highest BCUT2D eigenvalue weighted by atomic mass is 15.1. The molecule has 0 aromatic carbocycles. The Morgan fingerprint density at radius 1 is 1.25 bits per heavy atom. The van der Waals surface area contributed by atoms with Crippen molar-refractivity contribution in [3.8, 4) is 0 Å². The van der Waals surface area contributed by atoms with Crippen LogP contribution in [0.25, 0.3) is 0 Å². The van der Waals surface area contributed by atoms with E-state index in [1.165, 1.54) is 45.4 Å². The molecule has 3 unspecified atom stereocenters. The lowest BCUT2D eigenvalue weighted by molar-refractivity contribution is 0.0840. The van der Waals surface area contributed by atoms with Crippen LogP contribution < -0.4 is 5.32 Å². The molecule has 0 aromatic heterocycles. The van der Waals surface area contributed by atoms with E-state index in [9.17, 15) is 0 Å². The van der Waals surface area contributed by atoms with E-state index in [2.05, 4.69) is 51.8 Å². The van der Waals surface area contributed by atoms with Crippen LogP contribution in [0.3, 0.4) is 0 Å². The van der Waals surface area contributed by atoms with Crippen LogP contribution in [0, 0.1) is 23.2 Å². The minimum atomic E-state index is 0.434. The Labute approximate surface area is 127 Å². The molecule has 120 valence electrons.